The van der Waals surface area contributed by atoms with Gasteiger partial charge in [-0.25, -0.2) is 4.39 Å². The highest BCUT2D eigenvalue weighted by molar-refractivity contribution is 5.88. The number of hydrogen-bond donors (Lipinski definition) is 1. The molecule has 3 aromatic rings. The summed E-state index contributed by atoms with van der Waals surface area (Å²) in [6, 6.07) is 22.0. The number of nitrogens with one attached hydrogen (secondary N) is 1. The van der Waals surface area contributed by atoms with E-state index in [1.54, 1.807) is 12.0 Å². The average Bonchev–Trinajstić information content (AvgIpc) is 3.44. The van der Waals surface area contributed by atoms with Gasteiger partial charge in [0, 0.05) is 19.0 Å². The van der Waals surface area contributed by atoms with E-state index >= 15 is 0 Å². The molecule has 194 valence electrons. The molecule has 1 fully saturated rings. The van der Waals surface area contributed by atoms with Crippen LogP contribution in [0.2, 0.25) is 0 Å². The Bertz CT molecular complexity index is 1160. The molecule has 0 bridgehead atoms. The van der Waals surface area contributed by atoms with E-state index in [9.17, 15) is 14.0 Å². The van der Waals surface area contributed by atoms with Gasteiger partial charge < -0.3 is 19.7 Å². The van der Waals surface area contributed by atoms with Gasteiger partial charge in [0.2, 0.25) is 5.91 Å². The monoisotopic (exact) mass is 504 g/mol. The number of amides is 2. The number of methoxy groups -OCH3 is 1. The zero-order valence-corrected chi connectivity index (χ0v) is 21.1. The van der Waals surface area contributed by atoms with Crippen LogP contribution in [0.3, 0.4) is 0 Å². The number of nitrogens with zero attached hydrogens (tertiary/aromatic N) is 1. The van der Waals surface area contributed by atoms with Crippen LogP contribution in [-0.2, 0) is 22.6 Å². The molecule has 1 aliphatic carbocycles. The number of carbonyl (C=O) groups is 2. The lowest BCUT2D eigenvalue weighted by Gasteiger charge is -2.32. The van der Waals surface area contributed by atoms with Gasteiger partial charge in [0.1, 0.15) is 23.4 Å². The van der Waals surface area contributed by atoms with E-state index in [2.05, 4.69) is 5.32 Å². The predicted molar refractivity (Wildman–Crippen MR) is 140 cm³/mol. The fourth-order valence-electron chi connectivity index (χ4n) is 4.65. The molecule has 1 saturated carbocycles. The summed E-state index contributed by atoms with van der Waals surface area (Å²) in [4.78, 5) is 28.9. The maximum atomic E-state index is 13.7. The number of carbonyl (C=O) groups excluding carboxylic acids is 2. The van der Waals surface area contributed by atoms with E-state index in [-0.39, 0.29) is 36.8 Å². The molecule has 1 unspecified atom stereocenters. The number of hydrogen-bond acceptors (Lipinski definition) is 4. The maximum absolute atomic E-state index is 13.7. The Morgan fingerprint density at radius 1 is 0.946 bits per heavy atom. The zero-order valence-electron chi connectivity index (χ0n) is 21.1. The third-order valence-electron chi connectivity index (χ3n) is 6.64. The van der Waals surface area contributed by atoms with Crippen molar-refractivity contribution in [2.45, 2.75) is 50.7 Å². The van der Waals surface area contributed by atoms with Crippen LogP contribution in [0.15, 0.2) is 78.9 Å². The second-order valence-corrected chi connectivity index (χ2v) is 9.31. The van der Waals surface area contributed by atoms with Gasteiger partial charge >= 0.3 is 0 Å². The first-order valence-electron chi connectivity index (χ1n) is 12.7. The van der Waals surface area contributed by atoms with Crippen molar-refractivity contribution in [2.24, 2.45) is 0 Å². The van der Waals surface area contributed by atoms with Crippen molar-refractivity contribution in [2.75, 3.05) is 13.7 Å². The molecule has 6 nitrogen and oxygen atoms in total. The van der Waals surface area contributed by atoms with Gasteiger partial charge in [0.05, 0.1) is 7.11 Å². The van der Waals surface area contributed by atoms with Gasteiger partial charge in [0.15, 0.2) is 6.61 Å². The van der Waals surface area contributed by atoms with Gasteiger partial charge in [-0.1, -0.05) is 55.3 Å². The molecule has 2 amide bonds. The minimum absolute atomic E-state index is 0.120. The fraction of sp³-hybridized carbons (Fsp3) is 0.333. The summed E-state index contributed by atoms with van der Waals surface area (Å²) in [6.45, 7) is -0.0734. The molecule has 0 heterocycles. The van der Waals surface area contributed by atoms with Gasteiger partial charge in [-0.2, -0.15) is 0 Å². The van der Waals surface area contributed by atoms with Gasteiger partial charge in [-0.15, -0.1) is 0 Å². The van der Waals surface area contributed by atoms with Crippen LogP contribution < -0.4 is 14.8 Å². The van der Waals surface area contributed by atoms with Crippen molar-refractivity contribution in [1.82, 2.24) is 10.2 Å². The van der Waals surface area contributed by atoms with Crippen LogP contribution in [-0.4, -0.2) is 42.5 Å². The molecule has 0 saturated heterocycles. The summed E-state index contributed by atoms with van der Waals surface area (Å²) >= 11 is 0. The summed E-state index contributed by atoms with van der Waals surface area (Å²) < 4.78 is 24.4. The van der Waals surface area contributed by atoms with E-state index in [1.807, 2.05) is 54.6 Å². The first kappa shape index (κ1) is 26.2. The molecule has 7 heteroatoms. The molecular weight excluding hydrogens is 471 g/mol. The first-order chi connectivity index (χ1) is 18.0. The molecule has 1 N–H and O–H groups in total. The third kappa shape index (κ3) is 7.56. The molecule has 37 heavy (non-hydrogen) atoms. The highest BCUT2D eigenvalue weighted by atomic mass is 19.1. The Morgan fingerprint density at radius 3 is 2.35 bits per heavy atom. The summed E-state index contributed by atoms with van der Waals surface area (Å²) in [5.41, 5.74) is 1.79. The highest BCUT2D eigenvalue weighted by Gasteiger charge is 2.32. The van der Waals surface area contributed by atoms with Gasteiger partial charge in [-0.05, 0) is 60.4 Å². The number of halogens is 1. The Hall–Kier alpha value is -3.87. The SMILES string of the molecule is COc1cccc(CN(C(=O)COc2ccc(F)cc2)C(Cc2ccccc2)C(=O)NC2CCCC2)c1. The quantitative estimate of drug-likeness (QED) is 0.403. The predicted octanol–water partition coefficient (Wildman–Crippen LogP) is 4.91. The number of ether oxygens (including phenoxy) is 2. The standard InChI is InChI=1S/C30H33FN2O4/c1-36-27-13-7-10-23(18-27)20-33(29(34)21-37-26-16-14-24(31)15-17-26)28(19-22-8-3-2-4-9-22)30(35)32-25-11-5-6-12-25/h2-4,7-10,13-18,25,28H,5-6,11-12,19-21H2,1H3,(H,32,35). The van der Waals surface area contributed by atoms with Crippen molar-refractivity contribution >= 4 is 11.8 Å². The van der Waals surface area contributed by atoms with E-state index in [4.69, 9.17) is 9.47 Å². The lowest BCUT2D eigenvalue weighted by molar-refractivity contribution is -0.143. The van der Waals surface area contributed by atoms with E-state index < -0.39 is 6.04 Å². The molecule has 0 radical (unpaired) electrons. The van der Waals surface area contributed by atoms with Crippen molar-refractivity contribution in [3.8, 4) is 11.5 Å². The Kier molecular flexibility index (Phi) is 9.13. The van der Waals surface area contributed by atoms with Crippen LogP contribution in [0, 0.1) is 5.82 Å². The lowest BCUT2D eigenvalue weighted by Crippen LogP contribution is -2.53. The van der Waals surface area contributed by atoms with Crippen molar-refractivity contribution in [1.29, 1.82) is 0 Å². The Morgan fingerprint density at radius 2 is 1.65 bits per heavy atom. The van der Waals surface area contributed by atoms with Crippen LogP contribution in [0.5, 0.6) is 11.5 Å². The minimum Gasteiger partial charge on any atom is -0.497 e. The topological polar surface area (TPSA) is 67.9 Å². The Balaban J connectivity index is 1.61. The van der Waals surface area contributed by atoms with Gasteiger partial charge in [-0.3, -0.25) is 9.59 Å². The molecule has 4 rings (SSSR count). The summed E-state index contributed by atoms with van der Waals surface area (Å²) in [6.07, 6.45) is 4.44. The number of benzene rings is 3. The zero-order chi connectivity index (χ0) is 26.0. The van der Waals surface area contributed by atoms with E-state index in [0.717, 1.165) is 36.8 Å². The van der Waals surface area contributed by atoms with E-state index in [0.29, 0.717) is 17.9 Å². The average molecular weight is 505 g/mol. The van der Waals surface area contributed by atoms with Crippen LogP contribution >= 0.6 is 0 Å². The second kappa shape index (κ2) is 12.9. The normalized spacial score (nSPS) is 14.1. The van der Waals surface area contributed by atoms with Crippen LogP contribution in [0.25, 0.3) is 0 Å². The van der Waals surface area contributed by atoms with Crippen LogP contribution in [0.4, 0.5) is 4.39 Å². The highest BCUT2D eigenvalue weighted by Crippen LogP contribution is 2.21. The molecule has 1 aliphatic rings. The fourth-order valence-corrected chi connectivity index (χ4v) is 4.65. The van der Waals surface area contributed by atoms with Crippen molar-refractivity contribution in [3.63, 3.8) is 0 Å². The van der Waals surface area contributed by atoms with E-state index in [1.165, 1.54) is 24.3 Å². The molecule has 0 aliphatic heterocycles. The summed E-state index contributed by atoms with van der Waals surface area (Å²) in [5, 5.41) is 3.18. The molecule has 1 atom stereocenters. The molecular formula is C30H33FN2O4. The number of rotatable bonds is 11. The smallest absolute Gasteiger partial charge is 0.261 e. The summed E-state index contributed by atoms with van der Waals surface area (Å²) in [5.74, 6) is 0.154. The third-order valence-corrected chi connectivity index (χ3v) is 6.64. The summed E-state index contributed by atoms with van der Waals surface area (Å²) in [7, 11) is 1.59. The first-order valence-corrected chi connectivity index (χ1v) is 12.7. The second-order valence-electron chi connectivity index (χ2n) is 9.31. The Labute approximate surface area is 217 Å². The lowest BCUT2D eigenvalue weighted by atomic mass is 10.0. The largest absolute Gasteiger partial charge is 0.497 e. The molecule has 0 spiro atoms. The molecule has 0 aromatic heterocycles. The minimum atomic E-state index is -0.737. The van der Waals surface area contributed by atoms with Crippen molar-refractivity contribution in [3.05, 3.63) is 95.8 Å². The van der Waals surface area contributed by atoms with Gasteiger partial charge in [0.25, 0.3) is 5.91 Å². The van der Waals surface area contributed by atoms with Crippen molar-refractivity contribution < 1.29 is 23.5 Å². The van der Waals surface area contributed by atoms with Crippen LogP contribution in [0.1, 0.15) is 36.8 Å². The molecule has 3 aromatic carbocycles. The maximum Gasteiger partial charge on any atom is 0.261 e.